The molecular weight excluding hydrogens is 320 g/mol. The first-order valence-corrected chi connectivity index (χ1v) is 7.62. The maximum Gasteiger partial charge on any atom is 0.275 e. The van der Waals surface area contributed by atoms with Crippen LogP contribution in [0.25, 0.3) is 6.08 Å². The van der Waals surface area contributed by atoms with Crippen LogP contribution in [0.5, 0.6) is 17.2 Å². The molecule has 128 valence electrons. The molecule has 2 aromatic carbocycles. The smallest absolute Gasteiger partial charge is 0.275 e. The van der Waals surface area contributed by atoms with Gasteiger partial charge in [-0.1, -0.05) is 12.1 Å². The van der Waals surface area contributed by atoms with Gasteiger partial charge in [-0.2, -0.15) is 0 Å². The lowest BCUT2D eigenvalue weighted by Crippen LogP contribution is -2.24. The van der Waals surface area contributed by atoms with Gasteiger partial charge in [-0.15, -0.1) is 0 Å². The average Bonchev–Trinajstić information content (AvgIpc) is 3.02. The summed E-state index contributed by atoms with van der Waals surface area (Å²) >= 11 is 0. The van der Waals surface area contributed by atoms with E-state index in [1.54, 1.807) is 33.5 Å². The summed E-state index contributed by atoms with van der Waals surface area (Å²) in [7, 11) is 4.75. The molecule has 0 aliphatic carbocycles. The molecule has 0 spiro atoms. The maximum atomic E-state index is 12.2. The van der Waals surface area contributed by atoms with Gasteiger partial charge in [0.1, 0.15) is 28.8 Å². The monoisotopic (exact) mass is 338 g/mol. The number of amidine groups is 1. The number of nitrogens with zero attached hydrogens (tertiary/aromatic N) is 1. The van der Waals surface area contributed by atoms with Crippen molar-refractivity contribution in [2.24, 2.45) is 4.99 Å². The van der Waals surface area contributed by atoms with E-state index in [9.17, 15) is 4.79 Å². The van der Waals surface area contributed by atoms with E-state index in [-0.39, 0.29) is 5.91 Å². The molecule has 3 rings (SSSR count). The first-order valence-electron chi connectivity index (χ1n) is 7.62. The zero-order chi connectivity index (χ0) is 17.8. The summed E-state index contributed by atoms with van der Waals surface area (Å²) in [6.45, 7) is 0. The van der Waals surface area contributed by atoms with E-state index in [1.807, 2.05) is 36.4 Å². The Morgan fingerprint density at radius 2 is 1.60 bits per heavy atom. The fourth-order valence-electron chi connectivity index (χ4n) is 2.45. The molecular formula is C19H18N2O4. The van der Waals surface area contributed by atoms with Crippen LogP contribution in [-0.2, 0) is 4.79 Å². The summed E-state index contributed by atoms with van der Waals surface area (Å²) in [5.74, 6) is 2.21. The molecule has 0 fully saturated rings. The minimum Gasteiger partial charge on any atom is -0.497 e. The highest BCUT2D eigenvalue weighted by Gasteiger charge is 2.21. The minimum atomic E-state index is -0.264. The quantitative estimate of drug-likeness (QED) is 0.851. The number of hydrogen-bond acceptors (Lipinski definition) is 5. The number of carbonyl (C=O) groups excluding carboxylic acids is 1. The Hall–Kier alpha value is -3.28. The molecule has 0 unspecified atom stereocenters. The van der Waals surface area contributed by atoms with Crippen molar-refractivity contribution in [2.75, 3.05) is 21.3 Å². The Morgan fingerprint density at radius 1 is 0.920 bits per heavy atom. The average molecular weight is 338 g/mol. The van der Waals surface area contributed by atoms with Crippen LogP contribution in [0.3, 0.4) is 0 Å². The topological polar surface area (TPSA) is 69.2 Å². The molecule has 1 heterocycles. The first kappa shape index (κ1) is 16.6. The number of carbonyl (C=O) groups is 1. The fourth-order valence-corrected chi connectivity index (χ4v) is 2.45. The highest BCUT2D eigenvalue weighted by Crippen LogP contribution is 2.25. The summed E-state index contributed by atoms with van der Waals surface area (Å²) < 4.78 is 15.7. The molecule has 6 heteroatoms. The molecule has 0 bridgehead atoms. The lowest BCUT2D eigenvalue weighted by molar-refractivity contribution is -0.115. The Bertz CT molecular complexity index is 849. The molecule has 1 aliphatic heterocycles. The number of methoxy groups -OCH3 is 3. The number of ether oxygens (including phenoxy) is 3. The van der Waals surface area contributed by atoms with Crippen LogP contribution in [0.1, 0.15) is 11.1 Å². The lowest BCUT2D eigenvalue weighted by atomic mass is 10.1. The van der Waals surface area contributed by atoms with E-state index in [2.05, 4.69) is 10.3 Å². The molecule has 1 aliphatic rings. The van der Waals surface area contributed by atoms with Crippen molar-refractivity contribution in [3.05, 3.63) is 59.3 Å². The van der Waals surface area contributed by atoms with Gasteiger partial charge in [0.2, 0.25) is 0 Å². The highest BCUT2D eigenvalue weighted by molar-refractivity contribution is 6.19. The second-order valence-electron chi connectivity index (χ2n) is 5.32. The predicted octanol–water partition coefficient (Wildman–Crippen LogP) is 2.63. The molecule has 6 nitrogen and oxygen atoms in total. The molecule has 25 heavy (non-hydrogen) atoms. The van der Waals surface area contributed by atoms with Crippen LogP contribution in [-0.4, -0.2) is 33.1 Å². The van der Waals surface area contributed by atoms with Crippen molar-refractivity contribution in [3.8, 4) is 17.2 Å². The van der Waals surface area contributed by atoms with Crippen LogP contribution in [0, 0.1) is 0 Å². The summed E-state index contributed by atoms with van der Waals surface area (Å²) in [4.78, 5) is 16.6. The van der Waals surface area contributed by atoms with Gasteiger partial charge in [0.15, 0.2) is 0 Å². The van der Waals surface area contributed by atoms with Crippen molar-refractivity contribution in [1.29, 1.82) is 0 Å². The van der Waals surface area contributed by atoms with Gasteiger partial charge >= 0.3 is 0 Å². The Morgan fingerprint density at radius 3 is 2.24 bits per heavy atom. The third-order valence-corrected chi connectivity index (χ3v) is 3.72. The third-order valence-electron chi connectivity index (χ3n) is 3.72. The Kier molecular flexibility index (Phi) is 4.70. The number of amides is 1. The Labute approximate surface area is 145 Å². The molecule has 0 radical (unpaired) electrons. The molecule has 0 saturated carbocycles. The van der Waals surface area contributed by atoms with Crippen LogP contribution in [0.4, 0.5) is 0 Å². The zero-order valence-corrected chi connectivity index (χ0v) is 14.2. The molecule has 0 atom stereocenters. The van der Waals surface area contributed by atoms with E-state index in [1.165, 1.54) is 0 Å². The van der Waals surface area contributed by atoms with Crippen LogP contribution < -0.4 is 19.5 Å². The number of nitrogens with one attached hydrogen (secondary N) is 1. The van der Waals surface area contributed by atoms with Crippen molar-refractivity contribution in [1.82, 2.24) is 5.32 Å². The van der Waals surface area contributed by atoms with E-state index < -0.39 is 0 Å². The van der Waals surface area contributed by atoms with Gasteiger partial charge in [-0.3, -0.25) is 4.79 Å². The third kappa shape index (κ3) is 3.63. The number of hydrogen-bond donors (Lipinski definition) is 1. The molecule has 1 N–H and O–H groups in total. The molecule has 2 aromatic rings. The second-order valence-corrected chi connectivity index (χ2v) is 5.32. The summed E-state index contributed by atoms with van der Waals surface area (Å²) in [6.07, 6.45) is 1.69. The number of benzene rings is 2. The largest absolute Gasteiger partial charge is 0.497 e. The van der Waals surface area contributed by atoms with Gasteiger partial charge in [-0.05, 0) is 35.9 Å². The first-order chi connectivity index (χ1) is 12.1. The van der Waals surface area contributed by atoms with Gasteiger partial charge < -0.3 is 19.5 Å². The van der Waals surface area contributed by atoms with E-state index in [4.69, 9.17) is 14.2 Å². The molecule has 0 aromatic heterocycles. The minimum absolute atomic E-state index is 0.264. The Balaban J connectivity index is 1.95. The maximum absolute atomic E-state index is 12.2. The number of rotatable bonds is 5. The highest BCUT2D eigenvalue weighted by atomic mass is 16.5. The van der Waals surface area contributed by atoms with Gasteiger partial charge in [-0.25, -0.2) is 4.99 Å². The molecule has 0 saturated heterocycles. The number of aliphatic imine (C=N–C) groups is 1. The zero-order valence-electron chi connectivity index (χ0n) is 14.2. The van der Waals surface area contributed by atoms with E-state index in [0.717, 1.165) is 11.1 Å². The SMILES string of the molecule is COc1cc(/C=C2/N=C(c3cccc(OC)c3)NC2=O)cc(OC)c1. The van der Waals surface area contributed by atoms with E-state index in [0.29, 0.717) is 28.8 Å². The van der Waals surface area contributed by atoms with Crippen LogP contribution >= 0.6 is 0 Å². The second kappa shape index (κ2) is 7.09. The van der Waals surface area contributed by atoms with Crippen molar-refractivity contribution in [2.45, 2.75) is 0 Å². The van der Waals surface area contributed by atoms with Crippen molar-refractivity contribution >= 4 is 17.8 Å². The van der Waals surface area contributed by atoms with Gasteiger partial charge in [0, 0.05) is 11.6 Å². The van der Waals surface area contributed by atoms with Gasteiger partial charge in [0.05, 0.1) is 21.3 Å². The van der Waals surface area contributed by atoms with Crippen LogP contribution in [0.15, 0.2) is 53.2 Å². The van der Waals surface area contributed by atoms with Crippen LogP contribution in [0.2, 0.25) is 0 Å². The summed E-state index contributed by atoms with van der Waals surface area (Å²) in [6, 6.07) is 12.7. The fraction of sp³-hybridized carbons (Fsp3) is 0.158. The lowest BCUT2D eigenvalue weighted by Gasteiger charge is -2.05. The van der Waals surface area contributed by atoms with Crippen molar-refractivity contribution in [3.63, 3.8) is 0 Å². The molecule has 1 amide bonds. The normalized spacial score (nSPS) is 14.9. The van der Waals surface area contributed by atoms with E-state index >= 15 is 0 Å². The predicted molar refractivity (Wildman–Crippen MR) is 95.2 cm³/mol. The summed E-state index contributed by atoms with van der Waals surface area (Å²) in [5.41, 5.74) is 1.85. The summed E-state index contributed by atoms with van der Waals surface area (Å²) in [5, 5.41) is 2.77. The van der Waals surface area contributed by atoms with Crippen molar-refractivity contribution < 1.29 is 19.0 Å². The van der Waals surface area contributed by atoms with Gasteiger partial charge in [0.25, 0.3) is 5.91 Å². The standard InChI is InChI=1S/C19H18N2O4/c1-23-14-6-4-5-13(10-14)18-20-17(19(22)21-18)9-12-7-15(24-2)11-16(8-12)25-3/h4-11H,1-3H3,(H,20,21,22)/b17-9+.